The molecule has 1 aromatic rings. The van der Waals surface area contributed by atoms with E-state index in [2.05, 4.69) is 32.6 Å². The van der Waals surface area contributed by atoms with Crippen molar-refractivity contribution in [2.45, 2.75) is 45.1 Å². The fraction of sp³-hybridized carbons (Fsp3) is 0.438. The van der Waals surface area contributed by atoms with Gasteiger partial charge in [0.2, 0.25) is 0 Å². The molecule has 1 rings (SSSR count). The first kappa shape index (κ1) is 15.4. The van der Waals surface area contributed by atoms with Gasteiger partial charge in [-0.3, -0.25) is 4.79 Å². The first-order chi connectivity index (χ1) is 8.93. The Bertz CT molecular complexity index is 437. The summed E-state index contributed by atoms with van der Waals surface area (Å²) < 4.78 is 0. The minimum atomic E-state index is -0.961. The number of hydrogen-bond donors (Lipinski definition) is 2. The predicted octanol–water partition coefficient (Wildman–Crippen LogP) is 3.10. The van der Waals surface area contributed by atoms with Gasteiger partial charge in [-0.25, -0.2) is 0 Å². The molecule has 1 aromatic carbocycles. The van der Waals surface area contributed by atoms with E-state index >= 15 is 0 Å². The molecule has 0 spiro atoms. The van der Waals surface area contributed by atoms with Crippen molar-refractivity contribution in [1.29, 1.82) is 0 Å². The number of carboxylic acid groups (broad SMARTS) is 1. The summed E-state index contributed by atoms with van der Waals surface area (Å²) >= 11 is 0. The van der Waals surface area contributed by atoms with E-state index in [1.807, 2.05) is 12.1 Å². The minimum absolute atomic E-state index is 0.367. The summed E-state index contributed by atoms with van der Waals surface area (Å²) in [6.45, 7) is 8.33. The number of benzene rings is 1. The smallest absolute Gasteiger partial charge is 0.320 e. The average Bonchev–Trinajstić information content (AvgIpc) is 2.39. The second kappa shape index (κ2) is 7.10. The maximum atomic E-state index is 10.7. The van der Waals surface area contributed by atoms with Gasteiger partial charge in [-0.1, -0.05) is 50.3 Å². The van der Waals surface area contributed by atoms with Crippen LogP contribution >= 0.6 is 0 Å². The predicted molar refractivity (Wildman–Crippen MR) is 78.2 cm³/mol. The highest BCUT2D eigenvalue weighted by Crippen LogP contribution is 2.24. The van der Waals surface area contributed by atoms with E-state index < -0.39 is 12.0 Å². The molecule has 2 atom stereocenters. The van der Waals surface area contributed by atoms with Gasteiger partial charge < -0.3 is 10.8 Å². The standard InChI is InChI=1S/C16H23NO2/c1-4-11(2)9-12(3)14-7-5-13(6-8-14)10-15(17)16(18)19/h5-8,12,15H,2,4,9-10,17H2,1,3H3,(H,18,19)/t12?,15-/m0/s1. The maximum absolute atomic E-state index is 10.7. The molecular formula is C16H23NO2. The van der Waals surface area contributed by atoms with Crippen LogP contribution in [0.5, 0.6) is 0 Å². The van der Waals surface area contributed by atoms with Crippen LogP contribution in [-0.2, 0) is 11.2 Å². The number of allylic oxidation sites excluding steroid dienone is 1. The van der Waals surface area contributed by atoms with Crippen LogP contribution in [-0.4, -0.2) is 17.1 Å². The number of aliphatic carboxylic acids is 1. The second-order valence-electron chi connectivity index (χ2n) is 5.10. The molecule has 0 aliphatic carbocycles. The lowest BCUT2D eigenvalue weighted by atomic mass is 9.92. The molecule has 0 bridgehead atoms. The molecular weight excluding hydrogens is 238 g/mol. The largest absolute Gasteiger partial charge is 0.480 e. The zero-order valence-corrected chi connectivity index (χ0v) is 11.7. The van der Waals surface area contributed by atoms with E-state index in [1.165, 1.54) is 11.1 Å². The van der Waals surface area contributed by atoms with Gasteiger partial charge in [-0.2, -0.15) is 0 Å². The Morgan fingerprint density at radius 2 is 1.95 bits per heavy atom. The summed E-state index contributed by atoms with van der Waals surface area (Å²) in [5, 5.41) is 8.78. The van der Waals surface area contributed by atoms with Gasteiger partial charge in [-0.15, -0.1) is 0 Å². The molecule has 0 fully saturated rings. The number of nitrogens with two attached hydrogens (primary N) is 1. The van der Waals surface area contributed by atoms with Gasteiger partial charge >= 0.3 is 5.97 Å². The Morgan fingerprint density at radius 1 is 1.37 bits per heavy atom. The van der Waals surface area contributed by atoms with E-state index in [0.717, 1.165) is 18.4 Å². The van der Waals surface area contributed by atoms with Crippen LogP contribution in [0.25, 0.3) is 0 Å². The number of carbonyl (C=O) groups is 1. The molecule has 0 aliphatic rings. The van der Waals surface area contributed by atoms with Crippen molar-refractivity contribution in [3.63, 3.8) is 0 Å². The molecule has 0 saturated heterocycles. The lowest BCUT2D eigenvalue weighted by Gasteiger charge is -2.14. The summed E-state index contributed by atoms with van der Waals surface area (Å²) in [5.74, 6) is -0.522. The third kappa shape index (κ3) is 4.87. The maximum Gasteiger partial charge on any atom is 0.320 e. The molecule has 3 nitrogen and oxygen atoms in total. The highest BCUT2D eigenvalue weighted by Gasteiger charge is 2.12. The van der Waals surface area contributed by atoms with Crippen LogP contribution in [0.1, 0.15) is 43.7 Å². The van der Waals surface area contributed by atoms with Gasteiger partial charge in [0.1, 0.15) is 6.04 Å². The Labute approximate surface area is 115 Å². The van der Waals surface area contributed by atoms with Crippen molar-refractivity contribution < 1.29 is 9.90 Å². The minimum Gasteiger partial charge on any atom is -0.480 e. The van der Waals surface area contributed by atoms with Crippen LogP contribution in [0, 0.1) is 0 Å². The molecule has 19 heavy (non-hydrogen) atoms. The topological polar surface area (TPSA) is 63.3 Å². The van der Waals surface area contributed by atoms with Crippen LogP contribution in [0.4, 0.5) is 0 Å². The van der Waals surface area contributed by atoms with Crippen LogP contribution in [0.15, 0.2) is 36.4 Å². The third-order valence-electron chi connectivity index (χ3n) is 3.42. The molecule has 104 valence electrons. The molecule has 0 aromatic heterocycles. The summed E-state index contributed by atoms with van der Waals surface area (Å²) in [4.78, 5) is 10.7. The van der Waals surface area contributed by atoms with Crippen molar-refractivity contribution in [2.24, 2.45) is 5.73 Å². The van der Waals surface area contributed by atoms with Crippen LogP contribution in [0.3, 0.4) is 0 Å². The molecule has 3 heteroatoms. The van der Waals surface area contributed by atoms with E-state index in [0.29, 0.717) is 12.3 Å². The van der Waals surface area contributed by atoms with Gasteiger partial charge in [0.05, 0.1) is 0 Å². The summed E-state index contributed by atoms with van der Waals surface area (Å²) in [6, 6.07) is 7.20. The zero-order valence-electron chi connectivity index (χ0n) is 11.7. The van der Waals surface area contributed by atoms with Gasteiger partial charge in [0, 0.05) is 0 Å². The number of hydrogen-bond acceptors (Lipinski definition) is 2. The van der Waals surface area contributed by atoms with E-state index in [9.17, 15) is 4.79 Å². The molecule has 3 N–H and O–H groups in total. The van der Waals surface area contributed by atoms with Crippen molar-refractivity contribution in [3.8, 4) is 0 Å². The fourth-order valence-corrected chi connectivity index (χ4v) is 2.02. The first-order valence-corrected chi connectivity index (χ1v) is 6.67. The molecule has 1 unspecified atom stereocenters. The van der Waals surface area contributed by atoms with Crippen molar-refractivity contribution >= 4 is 5.97 Å². The fourth-order valence-electron chi connectivity index (χ4n) is 2.02. The zero-order chi connectivity index (χ0) is 14.4. The SMILES string of the molecule is C=C(CC)CC(C)c1ccc(C[C@H](N)C(=O)O)cc1. The molecule has 0 saturated carbocycles. The molecule has 0 aliphatic heterocycles. The third-order valence-corrected chi connectivity index (χ3v) is 3.42. The average molecular weight is 261 g/mol. The Kier molecular flexibility index (Phi) is 5.77. The van der Waals surface area contributed by atoms with Crippen molar-refractivity contribution in [3.05, 3.63) is 47.5 Å². The Balaban J connectivity index is 2.65. The summed E-state index contributed by atoms with van der Waals surface area (Å²) in [6.07, 6.45) is 2.37. The lowest BCUT2D eigenvalue weighted by molar-refractivity contribution is -0.138. The van der Waals surface area contributed by atoms with E-state index in [-0.39, 0.29) is 0 Å². The van der Waals surface area contributed by atoms with E-state index in [4.69, 9.17) is 10.8 Å². The summed E-state index contributed by atoms with van der Waals surface area (Å²) in [7, 11) is 0. The van der Waals surface area contributed by atoms with Gasteiger partial charge in [0.15, 0.2) is 0 Å². The Hall–Kier alpha value is -1.61. The first-order valence-electron chi connectivity index (χ1n) is 6.67. The van der Waals surface area contributed by atoms with Gasteiger partial charge in [0.25, 0.3) is 0 Å². The molecule has 0 amide bonds. The molecule has 0 radical (unpaired) electrons. The van der Waals surface area contributed by atoms with Crippen LogP contribution < -0.4 is 5.73 Å². The highest BCUT2D eigenvalue weighted by molar-refractivity contribution is 5.73. The van der Waals surface area contributed by atoms with Gasteiger partial charge in [-0.05, 0) is 36.3 Å². The van der Waals surface area contributed by atoms with Crippen LogP contribution in [0.2, 0.25) is 0 Å². The van der Waals surface area contributed by atoms with Crippen molar-refractivity contribution in [2.75, 3.05) is 0 Å². The quantitative estimate of drug-likeness (QED) is 0.741. The Morgan fingerprint density at radius 3 is 2.42 bits per heavy atom. The highest BCUT2D eigenvalue weighted by atomic mass is 16.4. The van der Waals surface area contributed by atoms with E-state index in [1.54, 1.807) is 0 Å². The lowest BCUT2D eigenvalue weighted by Crippen LogP contribution is -2.32. The summed E-state index contributed by atoms with van der Waals surface area (Å²) in [5.41, 5.74) is 8.98. The number of rotatable bonds is 7. The second-order valence-corrected chi connectivity index (χ2v) is 5.10. The number of carboxylic acids is 1. The molecule has 0 heterocycles. The normalized spacial score (nSPS) is 13.8. The van der Waals surface area contributed by atoms with Crippen molar-refractivity contribution in [1.82, 2.24) is 0 Å². The monoisotopic (exact) mass is 261 g/mol.